The first-order valence-corrected chi connectivity index (χ1v) is 5.68. The van der Waals surface area contributed by atoms with Crippen LogP contribution in [0.25, 0.3) is 10.9 Å². The van der Waals surface area contributed by atoms with Crippen LogP contribution in [0.3, 0.4) is 0 Å². The summed E-state index contributed by atoms with van der Waals surface area (Å²) in [5.41, 5.74) is 3.08. The summed E-state index contributed by atoms with van der Waals surface area (Å²) < 4.78 is 0. The average molecular weight is 215 g/mol. The Balaban J connectivity index is 2.39. The third kappa shape index (κ3) is 2.39. The van der Waals surface area contributed by atoms with Crippen molar-refractivity contribution in [1.29, 1.82) is 0 Å². The molecule has 2 aromatic rings. The van der Waals surface area contributed by atoms with Crippen molar-refractivity contribution < 1.29 is 5.11 Å². The number of fused-ring (bicyclic) bond motifs is 1. The summed E-state index contributed by atoms with van der Waals surface area (Å²) in [6.07, 6.45) is 1.01. The van der Waals surface area contributed by atoms with Gasteiger partial charge in [0.05, 0.1) is 12.1 Å². The minimum absolute atomic E-state index is 0.0870. The molecule has 2 rings (SSSR count). The van der Waals surface area contributed by atoms with E-state index in [0.29, 0.717) is 5.92 Å². The Labute approximate surface area is 96.0 Å². The lowest BCUT2D eigenvalue weighted by Crippen LogP contribution is -1.97. The number of rotatable bonds is 3. The lowest BCUT2D eigenvalue weighted by Gasteiger charge is -2.06. The second-order valence-corrected chi connectivity index (χ2v) is 4.59. The molecule has 0 saturated heterocycles. The van der Waals surface area contributed by atoms with Gasteiger partial charge in [-0.15, -0.1) is 0 Å². The van der Waals surface area contributed by atoms with Crippen LogP contribution in [0, 0.1) is 5.92 Å². The van der Waals surface area contributed by atoms with Crippen molar-refractivity contribution in [3.8, 4) is 0 Å². The van der Waals surface area contributed by atoms with Gasteiger partial charge < -0.3 is 5.11 Å². The van der Waals surface area contributed by atoms with Gasteiger partial charge >= 0.3 is 0 Å². The first-order chi connectivity index (χ1) is 7.69. The average Bonchev–Trinajstić information content (AvgIpc) is 2.27. The number of hydrogen-bond donors (Lipinski definition) is 1. The number of aliphatic hydroxyl groups excluding tert-OH is 1. The minimum Gasteiger partial charge on any atom is -0.392 e. The molecule has 0 aliphatic rings. The Kier molecular flexibility index (Phi) is 3.20. The van der Waals surface area contributed by atoms with E-state index in [1.54, 1.807) is 0 Å². The monoisotopic (exact) mass is 215 g/mol. The third-order valence-electron chi connectivity index (χ3n) is 2.61. The smallest absolute Gasteiger partial charge is 0.0705 e. The molecule has 0 fully saturated rings. The van der Waals surface area contributed by atoms with E-state index >= 15 is 0 Å². The molecule has 84 valence electrons. The van der Waals surface area contributed by atoms with Crippen LogP contribution in [0.2, 0.25) is 0 Å². The second kappa shape index (κ2) is 4.62. The van der Waals surface area contributed by atoms with Crippen molar-refractivity contribution >= 4 is 10.9 Å². The molecule has 0 radical (unpaired) electrons. The van der Waals surface area contributed by atoms with E-state index in [1.165, 1.54) is 0 Å². The van der Waals surface area contributed by atoms with Gasteiger partial charge in [0.25, 0.3) is 0 Å². The minimum atomic E-state index is 0.0870. The van der Waals surface area contributed by atoms with Crippen molar-refractivity contribution in [3.63, 3.8) is 0 Å². The van der Waals surface area contributed by atoms with Crippen LogP contribution in [-0.2, 0) is 13.0 Å². The van der Waals surface area contributed by atoms with Gasteiger partial charge in [0.2, 0.25) is 0 Å². The van der Waals surface area contributed by atoms with E-state index in [-0.39, 0.29) is 6.61 Å². The topological polar surface area (TPSA) is 33.1 Å². The largest absolute Gasteiger partial charge is 0.392 e. The summed E-state index contributed by atoms with van der Waals surface area (Å²) >= 11 is 0. The van der Waals surface area contributed by atoms with Gasteiger partial charge in [-0.1, -0.05) is 26.0 Å². The molecule has 0 bridgehead atoms. The number of aromatic nitrogens is 1. The predicted octanol–water partition coefficient (Wildman–Crippen LogP) is 2.93. The second-order valence-electron chi connectivity index (χ2n) is 4.59. The number of benzene rings is 1. The summed E-state index contributed by atoms with van der Waals surface area (Å²) in [6.45, 7) is 4.48. The van der Waals surface area contributed by atoms with E-state index in [2.05, 4.69) is 31.0 Å². The molecule has 0 atom stereocenters. The van der Waals surface area contributed by atoms with Crippen LogP contribution >= 0.6 is 0 Å². The molecule has 1 aromatic heterocycles. The third-order valence-corrected chi connectivity index (χ3v) is 2.61. The highest BCUT2D eigenvalue weighted by Crippen LogP contribution is 2.16. The Hall–Kier alpha value is -1.41. The standard InChI is InChI=1S/C14H17NO/c1-10(2)7-13-5-4-12-8-11(9-16)3-6-14(12)15-13/h3-6,8,10,16H,7,9H2,1-2H3. The quantitative estimate of drug-likeness (QED) is 0.854. The van der Waals surface area contributed by atoms with Crippen molar-refractivity contribution in [2.24, 2.45) is 5.92 Å². The maximum atomic E-state index is 9.05. The molecular formula is C14H17NO. The van der Waals surface area contributed by atoms with Crippen molar-refractivity contribution in [3.05, 3.63) is 41.6 Å². The van der Waals surface area contributed by atoms with Crippen LogP contribution in [0.4, 0.5) is 0 Å². The summed E-state index contributed by atoms with van der Waals surface area (Å²) in [5, 5.41) is 10.1. The lowest BCUT2D eigenvalue weighted by atomic mass is 10.1. The van der Waals surface area contributed by atoms with E-state index in [9.17, 15) is 0 Å². The van der Waals surface area contributed by atoms with Crippen LogP contribution in [0.5, 0.6) is 0 Å². The summed E-state index contributed by atoms with van der Waals surface area (Å²) in [4.78, 5) is 4.61. The molecule has 1 N–H and O–H groups in total. The van der Waals surface area contributed by atoms with E-state index in [0.717, 1.165) is 28.6 Å². The van der Waals surface area contributed by atoms with Gasteiger partial charge in [0.1, 0.15) is 0 Å². The van der Waals surface area contributed by atoms with Gasteiger partial charge in [-0.3, -0.25) is 4.98 Å². The van der Waals surface area contributed by atoms with Crippen molar-refractivity contribution in [2.45, 2.75) is 26.9 Å². The zero-order valence-electron chi connectivity index (χ0n) is 9.77. The highest BCUT2D eigenvalue weighted by molar-refractivity contribution is 5.79. The van der Waals surface area contributed by atoms with Gasteiger partial charge in [-0.2, -0.15) is 0 Å². The Morgan fingerprint density at radius 3 is 2.69 bits per heavy atom. The lowest BCUT2D eigenvalue weighted by molar-refractivity contribution is 0.282. The first kappa shape index (κ1) is 11.1. The van der Waals surface area contributed by atoms with Gasteiger partial charge in [0.15, 0.2) is 0 Å². The van der Waals surface area contributed by atoms with Crippen LogP contribution in [0.1, 0.15) is 25.1 Å². The zero-order valence-corrected chi connectivity index (χ0v) is 9.77. The number of aliphatic hydroxyl groups is 1. The first-order valence-electron chi connectivity index (χ1n) is 5.68. The Bertz CT molecular complexity index is 491. The van der Waals surface area contributed by atoms with E-state index in [1.807, 2.05) is 18.2 Å². The van der Waals surface area contributed by atoms with Gasteiger partial charge in [-0.25, -0.2) is 0 Å². The molecule has 0 aliphatic heterocycles. The fourth-order valence-electron chi connectivity index (χ4n) is 1.85. The summed E-state index contributed by atoms with van der Waals surface area (Å²) in [7, 11) is 0. The van der Waals surface area contributed by atoms with Crippen LogP contribution < -0.4 is 0 Å². The molecule has 0 unspecified atom stereocenters. The fraction of sp³-hybridized carbons (Fsp3) is 0.357. The maximum absolute atomic E-state index is 9.05. The molecule has 0 amide bonds. The fourth-order valence-corrected chi connectivity index (χ4v) is 1.85. The molecule has 2 heteroatoms. The number of nitrogens with zero attached hydrogens (tertiary/aromatic N) is 1. The molecule has 2 nitrogen and oxygen atoms in total. The molecule has 0 spiro atoms. The van der Waals surface area contributed by atoms with Gasteiger partial charge in [0, 0.05) is 11.1 Å². The van der Waals surface area contributed by atoms with Crippen molar-refractivity contribution in [2.75, 3.05) is 0 Å². The zero-order chi connectivity index (χ0) is 11.5. The van der Waals surface area contributed by atoms with Crippen molar-refractivity contribution in [1.82, 2.24) is 4.98 Å². The molecule has 1 heterocycles. The highest BCUT2D eigenvalue weighted by Gasteiger charge is 2.02. The molecular weight excluding hydrogens is 198 g/mol. The normalized spacial score (nSPS) is 11.2. The van der Waals surface area contributed by atoms with Gasteiger partial charge in [-0.05, 0) is 36.1 Å². The van der Waals surface area contributed by atoms with E-state index in [4.69, 9.17) is 5.11 Å². The molecule has 0 aliphatic carbocycles. The maximum Gasteiger partial charge on any atom is 0.0705 e. The molecule has 0 saturated carbocycles. The number of pyridine rings is 1. The molecule has 1 aromatic carbocycles. The molecule has 16 heavy (non-hydrogen) atoms. The Morgan fingerprint density at radius 1 is 1.19 bits per heavy atom. The summed E-state index contributed by atoms with van der Waals surface area (Å²) in [5.74, 6) is 0.627. The summed E-state index contributed by atoms with van der Waals surface area (Å²) in [6, 6.07) is 10.0. The SMILES string of the molecule is CC(C)Cc1ccc2cc(CO)ccc2n1. The predicted molar refractivity (Wildman–Crippen MR) is 66.2 cm³/mol. The van der Waals surface area contributed by atoms with Crippen LogP contribution in [-0.4, -0.2) is 10.1 Å². The number of hydrogen-bond acceptors (Lipinski definition) is 2. The van der Waals surface area contributed by atoms with E-state index < -0.39 is 0 Å². The van der Waals surface area contributed by atoms with Crippen LogP contribution in [0.15, 0.2) is 30.3 Å². The Morgan fingerprint density at radius 2 is 2.00 bits per heavy atom. The highest BCUT2D eigenvalue weighted by atomic mass is 16.3.